The van der Waals surface area contributed by atoms with Crippen LogP contribution in [0.2, 0.25) is 0 Å². The van der Waals surface area contributed by atoms with Crippen LogP contribution in [0.1, 0.15) is 12.0 Å². The number of benzene rings is 2. The summed E-state index contributed by atoms with van der Waals surface area (Å²) in [6, 6.07) is 14.2. The highest BCUT2D eigenvalue weighted by molar-refractivity contribution is 7.80. The van der Waals surface area contributed by atoms with Crippen molar-refractivity contribution in [1.82, 2.24) is 10.2 Å². The number of nitrogens with one attached hydrogen (secondary N) is 3. The summed E-state index contributed by atoms with van der Waals surface area (Å²) in [6.45, 7) is 2.97. The summed E-state index contributed by atoms with van der Waals surface area (Å²) in [5.41, 5.74) is 2.59. The van der Waals surface area contributed by atoms with Crippen LogP contribution in [0.5, 0.6) is 5.75 Å². The maximum Gasteiger partial charge on any atom is 0.243 e. The van der Waals surface area contributed by atoms with Gasteiger partial charge in [-0.1, -0.05) is 17.7 Å². The van der Waals surface area contributed by atoms with Crippen molar-refractivity contribution in [3.63, 3.8) is 0 Å². The van der Waals surface area contributed by atoms with Crippen molar-refractivity contribution in [2.45, 2.75) is 19.4 Å². The molecule has 2 aromatic rings. The van der Waals surface area contributed by atoms with Crippen molar-refractivity contribution in [2.24, 2.45) is 0 Å². The van der Waals surface area contributed by atoms with Crippen LogP contribution in [0.25, 0.3) is 0 Å². The molecule has 0 unspecified atom stereocenters. The van der Waals surface area contributed by atoms with Crippen LogP contribution in [-0.4, -0.2) is 48.1 Å². The fourth-order valence-electron chi connectivity index (χ4n) is 3.05. The van der Waals surface area contributed by atoms with Gasteiger partial charge in [0.2, 0.25) is 11.8 Å². The Bertz CT molecular complexity index is 884. The van der Waals surface area contributed by atoms with E-state index in [2.05, 4.69) is 16.0 Å². The van der Waals surface area contributed by atoms with Gasteiger partial charge in [-0.2, -0.15) is 0 Å². The molecule has 1 aliphatic rings. The Kier molecular flexibility index (Phi) is 6.66. The minimum Gasteiger partial charge on any atom is -0.497 e. The molecular formula is C21H24N4O3S. The Labute approximate surface area is 175 Å². The van der Waals surface area contributed by atoms with Crippen LogP contribution in [0, 0.1) is 6.92 Å². The lowest BCUT2D eigenvalue weighted by Gasteiger charge is -2.36. The number of carbonyl (C=O) groups is 2. The van der Waals surface area contributed by atoms with E-state index in [9.17, 15) is 9.59 Å². The molecule has 0 bridgehead atoms. The van der Waals surface area contributed by atoms with Gasteiger partial charge in [0.15, 0.2) is 5.11 Å². The molecule has 1 aliphatic heterocycles. The number of hydrogen-bond acceptors (Lipinski definition) is 4. The van der Waals surface area contributed by atoms with E-state index < -0.39 is 6.04 Å². The van der Waals surface area contributed by atoms with E-state index in [1.807, 2.05) is 55.5 Å². The summed E-state index contributed by atoms with van der Waals surface area (Å²) in [5.74, 6) is 0.284. The molecule has 3 N–H and O–H groups in total. The lowest BCUT2D eigenvalue weighted by Crippen LogP contribution is -2.58. The van der Waals surface area contributed by atoms with E-state index >= 15 is 0 Å². The van der Waals surface area contributed by atoms with Gasteiger partial charge in [-0.05, 0) is 55.5 Å². The molecule has 1 atom stereocenters. The fraction of sp³-hybridized carbons (Fsp3) is 0.286. The smallest absolute Gasteiger partial charge is 0.243 e. The highest BCUT2D eigenvalue weighted by Crippen LogP contribution is 2.18. The monoisotopic (exact) mass is 412 g/mol. The predicted octanol–water partition coefficient (Wildman–Crippen LogP) is 2.53. The highest BCUT2D eigenvalue weighted by atomic mass is 32.1. The molecule has 2 amide bonds. The lowest BCUT2D eigenvalue weighted by atomic mass is 10.1. The van der Waals surface area contributed by atoms with Crippen molar-refractivity contribution < 1.29 is 14.3 Å². The van der Waals surface area contributed by atoms with Gasteiger partial charge >= 0.3 is 0 Å². The second-order valence-corrected chi connectivity index (χ2v) is 7.16. The highest BCUT2D eigenvalue weighted by Gasteiger charge is 2.33. The molecule has 1 saturated heterocycles. The van der Waals surface area contributed by atoms with Crippen molar-refractivity contribution in [2.75, 3.05) is 30.8 Å². The van der Waals surface area contributed by atoms with Crippen molar-refractivity contribution in [3.05, 3.63) is 54.1 Å². The van der Waals surface area contributed by atoms with Crippen molar-refractivity contribution in [3.8, 4) is 5.75 Å². The van der Waals surface area contributed by atoms with Gasteiger partial charge in [-0.3, -0.25) is 9.59 Å². The molecule has 152 valence electrons. The Morgan fingerprint density at radius 3 is 2.41 bits per heavy atom. The molecule has 1 heterocycles. The van der Waals surface area contributed by atoms with E-state index in [0.717, 1.165) is 17.0 Å². The molecule has 0 spiro atoms. The van der Waals surface area contributed by atoms with Crippen LogP contribution in [0.4, 0.5) is 11.4 Å². The molecular weight excluding hydrogens is 388 g/mol. The predicted molar refractivity (Wildman–Crippen MR) is 117 cm³/mol. The number of amides is 2. The molecule has 2 aromatic carbocycles. The third-order valence-corrected chi connectivity index (χ3v) is 4.98. The number of hydrogen-bond donors (Lipinski definition) is 3. The summed E-state index contributed by atoms with van der Waals surface area (Å²) in [7, 11) is 1.60. The Morgan fingerprint density at radius 1 is 1.14 bits per heavy atom. The van der Waals surface area contributed by atoms with E-state index in [1.54, 1.807) is 12.0 Å². The van der Waals surface area contributed by atoms with E-state index in [-0.39, 0.29) is 18.2 Å². The van der Waals surface area contributed by atoms with Crippen LogP contribution in [-0.2, 0) is 9.59 Å². The zero-order chi connectivity index (χ0) is 20.8. The third kappa shape index (κ3) is 5.45. The van der Waals surface area contributed by atoms with Crippen molar-refractivity contribution >= 4 is 40.5 Å². The zero-order valence-corrected chi connectivity index (χ0v) is 17.2. The topological polar surface area (TPSA) is 82.7 Å². The maximum atomic E-state index is 12.5. The molecule has 3 rings (SSSR count). The van der Waals surface area contributed by atoms with Gasteiger partial charge in [-0.15, -0.1) is 0 Å². The largest absolute Gasteiger partial charge is 0.497 e. The molecule has 7 nitrogen and oxygen atoms in total. The molecule has 0 aliphatic carbocycles. The first-order chi connectivity index (χ1) is 14.0. The SMILES string of the molecule is COc1ccc(NC(=S)N2CCNC(=O)[C@H]2CC(=O)Nc2ccc(C)cc2)cc1. The molecule has 0 saturated carbocycles. The number of methoxy groups -OCH3 is 1. The van der Waals surface area contributed by atoms with Gasteiger partial charge in [0.1, 0.15) is 11.8 Å². The third-order valence-electron chi connectivity index (χ3n) is 4.65. The maximum absolute atomic E-state index is 12.5. The minimum absolute atomic E-state index is 0.00411. The number of anilines is 2. The van der Waals surface area contributed by atoms with Crippen molar-refractivity contribution in [1.29, 1.82) is 0 Å². The summed E-state index contributed by atoms with van der Waals surface area (Å²) in [6.07, 6.45) is 0.00411. The molecule has 1 fully saturated rings. The number of carbonyl (C=O) groups excluding carboxylic acids is 2. The summed E-state index contributed by atoms with van der Waals surface area (Å²) >= 11 is 5.52. The summed E-state index contributed by atoms with van der Waals surface area (Å²) < 4.78 is 5.15. The van der Waals surface area contributed by atoms with Gasteiger partial charge in [0.25, 0.3) is 0 Å². The van der Waals surface area contributed by atoms with E-state index in [0.29, 0.717) is 23.9 Å². The van der Waals surface area contributed by atoms with Gasteiger partial charge < -0.3 is 25.6 Å². The number of piperazine rings is 1. The number of rotatable bonds is 5. The van der Waals surface area contributed by atoms with E-state index in [4.69, 9.17) is 17.0 Å². The number of ether oxygens (including phenoxy) is 1. The molecule has 0 aromatic heterocycles. The standard InChI is InChI=1S/C21H24N4O3S/c1-14-3-5-15(6-4-14)23-19(26)13-18-20(27)22-11-12-25(18)21(29)24-16-7-9-17(28-2)10-8-16/h3-10,18H,11-13H2,1-2H3,(H,22,27)(H,23,26)(H,24,29)/t18-/m1/s1. The van der Waals surface area contributed by atoms with Gasteiger partial charge in [0.05, 0.1) is 13.5 Å². The molecule has 29 heavy (non-hydrogen) atoms. The second-order valence-electron chi connectivity index (χ2n) is 6.78. The number of aryl methyl sites for hydroxylation is 1. The van der Waals surface area contributed by atoms with Crippen LogP contribution in [0.3, 0.4) is 0 Å². The summed E-state index contributed by atoms with van der Waals surface area (Å²) in [5, 5.41) is 9.18. The number of thiocarbonyl (C=S) groups is 1. The normalized spacial score (nSPS) is 16.0. The molecule has 8 heteroatoms. The summed E-state index contributed by atoms with van der Waals surface area (Å²) in [4.78, 5) is 26.7. The lowest BCUT2D eigenvalue weighted by molar-refractivity contribution is -0.130. The number of nitrogens with zero attached hydrogens (tertiary/aromatic N) is 1. The van der Waals surface area contributed by atoms with Gasteiger partial charge in [-0.25, -0.2) is 0 Å². The van der Waals surface area contributed by atoms with Crippen LogP contribution in [0.15, 0.2) is 48.5 Å². The van der Waals surface area contributed by atoms with Crippen LogP contribution < -0.4 is 20.7 Å². The molecule has 0 radical (unpaired) electrons. The Balaban J connectivity index is 1.65. The average molecular weight is 413 g/mol. The van der Waals surface area contributed by atoms with Gasteiger partial charge in [0, 0.05) is 24.5 Å². The fourth-order valence-corrected chi connectivity index (χ4v) is 3.39. The Morgan fingerprint density at radius 2 is 1.76 bits per heavy atom. The average Bonchev–Trinajstić information content (AvgIpc) is 2.71. The minimum atomic E-state index is -0.674. The second kappa shape index (κ2) is 9.38. The van der Waals surface area contributed by atoms with E-state index in [1.165, 1.54) is 0 Å². The first kappa shape index (κ1) is 20.6. The quantitative estimate of drug-likeness (QED) is 0.655. The Hall–Kier alpha value is -3.13. The van der Waals surface area contributed by atoms with Crippen LogP contribution >= 0.6 is 12.2 Å². The first-order valence-corrected chi connectivity index (χ1v) is 9.73. The zero-order valence-electron chi connectivity index (χ0n) is 16.4. The first-order valence-electron chi connectivity index (χ1n) is 9.32.